The summed E-state index contributed by atoms with van der Waals surface area (Å²) in [5, 5.41) is 6.15. The van der Waals surface area contributed by atoms with Crippen LogP contribution in [0.4, 0.5) is 27.9 Å². The van der Waals surface area contributed by atoms with Crippen LogP contribution in [0.15, 0.2) is 66.1 Å². The first-order chi connectivity index (χ1) is 15.7. The number of rotatable bonds is 6. The van der Waals surface area contributed by atoms with Gasteiger partial charge in [0.15, 0.2) is 5.78 Å². The fourth-order valence-electron chi connectivity index (χ4n) is 3.47. The number of Topliss-reactive ketones (excluding diaryl/α,β-unsaturated/α-hetero) is 1. The van der Waals surface area contributed by atoms with E-state index in [1.54, 1.807) is 12.1 Å². The number of nitrogens with one attached hydrogen (secondary N) is 1. The van der Waals surface area contributed by atoms with E-state index >= 15 is 0 Å². The molecule has 4 rings (SSSR count). The van der Waals surface area contributed by atoms with Gasteiger partial charge in [-0.15, -0.1) is 0 Å². The Morgan fingerprint density at radius 1 is 1.06 bits per heavy atom. The third-order valence-electron chi connectivity index (χ3n) is 4.90. The van der Waals surface area contributed by atoms with Crippen LogP contribution in [0.2, 0.25) is 0 Å². The lowest BCUT2D eigenvalue weighted by Gasteiger charge is -2.30. The minimum absolute atomic E-state index is 0.155. The van der Waals surface area contributed by atoms with Gasteiger partial charge in [-0.3, -0.25) is 4.79 Å². The zero-order valence-corrected chi connectivity index (χ0v) is 16.8. The van der Waals surface area contributed by atoms with E-state index in [0.29, 0.717) is 11.3 Å². The number of alkyl halides is 5. The number of carbonyl (C=O) groups excluding carboxylic acids is 1. The Morgan fingerprint density at radius 3 is 2.27 bits per heavy atom. The number of hydrogen-bond donors (Lipinski definition) is 1. The van der Waals surface area contributed by atoms with Gasteiger partial charge in [0, 0.05) is 5.56 Å². The molecule has 3 aromatic rings. The number of nitrogens with zero attached hydrogens (tertiary/aromatic N) is 3. The number of aromatic nitrogens is 3. The van der Waals surface area contributed by atoms with E-state index < -0.39 is 35.9 Å². The van der Waals surface area contributed by atoms with Gasteiger partial charge in [0.1, 0.15) is 29.6 Å². The number of ketones is 1. The highest BCUT2D eigenvalue weighted by Gasteiger charge is 2.46. The van der Waals surface area contributed by atoms with Crippen molar-refractivity contribution in [3.8, 4) is 11.5 Å². The number of carbonyl (C=O) groups is 1. The van der Waals surface area contributed by atoms with Crippen molar-refractivity contribution in [3.63, 3.8) is 0 Å². The number of hydrogen-bond acceptors (Lipinski definition) is 6. The van der Waals surface area contributed by atoms with Gasteiger partial charge < -0.3 is 14.8 Å². The first-order valence-corrected chi connectivity index (χ1v) is 9.40. The van der Waals surface area contributed by atoms with Gasteiger partial charge in [0.05, 0.1) is 12.7 Å². The maximum absolute atomic E-state index is 14.0. The molecule has 0 amide bonds. The fourth-order valence-corrected chi connectivity index (χ4v) is 3.47. The normalized spacial score (nSPS) is 15.8. The third-order valence-corrected chi connectivity index (χ3v) is 4.90. The minimum atomic E-state index is -4.92. The number of benzene rings is 2. The van der Waals surface area contributed by atoms with E-state index in [9.17, 15) is 26.7 Å². The Labute approximate surface area is 183 Å². The van der Waals surface area contributed by atoms with E-state index in [4.69, 9.17) is 4.74 Å². The summed E-state index contributed by atoms with van der Waals surface area (Å²) in [6.07, 6.45) is -3.86. The molecule has 0 saturated carbocycles. The summed E-state index contributed by atoms with van der Waals surface area (Å²) in [6.45, 7) is -3.08. The van der Waals surface area contributed by atoms with Crippen molar-refractivity contribution < 1.29 is 36.2 Å². The molecular weight excluding hydrogens is 451 g/mol. The van der Waals surface area contributed by atoms with Crippen LogP contribution in [-0.2, 0) is 0 Å². The van der Waals surface area contributed by atoms with Crippen molar-refractivity contribution in [1.29, 1.82) is 0 Å². The molecule has 33 heavy (non-hydrogen) atoms. The van der Waals surface area contributed by atoms with Crippen LogP contribution in [0.5, 0.6) is 11.5 Å². The topological polar surface area (TPSA) is 78.3 Å². The molecule has 1 aliphatic rings. The number of allylic oxidation sites excluding steroid dienone is 2. The number of anilines is 1. The highest BCUT2D eigenvalue weighted by Crippen LogP contribution is 2.42. The molecule has 0 aliphatic carbocycles. The van der Waals surface area contributed by atoms with Crippen LogP contribution in [-0.4, -0.2) is 40.4 Å². The first kappa shape index (κ1) is 22.2. The van der Waals surface area contributed by atoms with Crippen LogP contribution in [0.3, 0.4) is 0 Å². The van der Waals surface area contributed by atoms with E-state index in [2.05, 4.69) is 20.1 Å². The van der Waals surface area contributed by atoms with Gasteiger partial charge in [0.25, 0.3) is 0 Å². The molecule has 172 valence electrons. The highest BCUT2D eigenvalue weighted by atomic mass is 19.4. The number of fused-ring (bicyclic) bond motifs is 1. The first-order valence-electron chi connectivity index (χ1n) is 9.40. The highest BCUT2D eigenvalue weighted by molar-refractivity contribution is 6.10. The summed E-state index contributed by atoms with van der Waals surface area (Å²) < 4.78 is 77.4. The van der Waals surface area contributed by atoms with Crippen LogP contribution in [0.1, 0.15) is 22.0 Å². The Morgan fingerprint density at radius 2 is 1.70 bits per heavy atom. The van der Waals surface area contributed by atoms with Gasteiger partial charge in [0.2, 0.25) is 5.95 Å². The summed E-state index contributed by atoms with van der Waals surface area (Å²) in [5.41, 5.74) is -1.75. The third kappa shape index (κ3) is 4.36. The number of halogens is 5. The van der Waals surface area contributed by atoms with E-state index in [1.807, 2.05) is 0 Å². The average Bonchev–Trinajstić information content (AvgIpc) is 3.25. The van der Waals surface area contributed by atoms with Crippen molar-refractivity contribution >= 4 is 11.7 Å². The van der Waals surface area contributed by atoms with E-state index in [-0.39, 0.29) is 17.3 Å². The van der Waals surface area contributed by atoms with Gasteiger partial charge in [-0.1, -0.05) is 12.1 Å². The van der Waals surface area contributed by atoms with Gasteiger partial charge in [-0.25, -0.2) is 4.68 Å². The maximum atomic E-state index is 14.0. The fraction of sp³-hybridized carbons (Fsp3) is 0.190. The Hall–Kier alpha value is -3.96. The SMILES string of the molecule is COc1ccc([C@H]2C(C(=O)c3ccc(OC(F)F)cc3)=C(C(F)(F)F)Nc3ncnn32)cc1. The van der Waals surface area contributed by atoms with Crippen LogP contribution < -0.4 is 14.8 Å². The van der Waals surface area contributed by atoms with Gasteiger partial charge >= 0.3 is 12.8 Å². The van der Waals surface area contributed by atoms with Crippen molar-refractivity contribution in [1.82, 2.24) is 14.8 Å². The molecule has 1 atom stereocenters. The second-order valence-corrected chi connectivity index (χ2v) is 6.85. The summed E-state index contributed by atoms with van der Waals surface area (Å²) >= 11 is 0. The lowest BCUT2D eigenvalue weighted by Crippen LogP contribution is -2.35. The predicted octanol–water partition coefficient (Wildman–Crippen LogP) is 4.60. The second kappa shape index (κ2) is 8.52. The van der Waals surface area contributed by atoms with Crippen LogP contribution in [0.25, 0.3) is 0 Å². The van der Waals surface area contributed by atoms with Gasteiger partial charge in [-0.05, 0) is 42.0 Å². The Balaban J connectivity index is 1.85. The van der Waals surface area contributed by atoms with Gasteiger partial charge in [-0.2, -0.15) is 32.0 Å². The molecule has 2 heterocycles. The van der Waals surface area contributed by atoms with E-state index in [0.717, 1.165) is 30.6 Å². The molecule has 2 aromatic carbocycles. The largest absolute Gasteiger partial charge is 0.497 e. The molecule has 1 N–H and O–H groups in total. The van der Waals surface area contributed by atoms with Crippen molar-refractivity contribution in [2.75, 3.05) is 12.4 Å². The van der Waals surface area contributed by atoms with Crippen molar-refractivity contribution in [3.05, 3.63) is 77.3 Å². The molecule has 0 radical (unpaired) electrons. The molecule has 1 aromatic heterocycles. The quantitative estimate of drug-likeness (QED) is 0.423. The summed E-state index contributed by atoms with van der Waals surface area (Å²) in [7, 11) is 1.44. The Kier molecular flexibility index (Phi) is 5.75. The Bertz CT molecular complexity index is 1190. The molecule has 1 aliphatic heterocycles. The molecule has 0 bridgehead atoms. The van der Waals surface area contributed by atoms with Crippen molar-refractivity contribution in [2.45, 2.75) is 18.8 Å². The van der Waals surface area contributed by atoms with Crippen LogP contribution >= 0.6 is 0 Å². The standard InChI is InChI=1S/C21H15F5N4O3/c1-32-13-6-2-11(3-7-13)16-15(17(31)12-4-8-14(9-5-12)33-19(22)23)18(21(24,25)26)29-20-27-10-28-30(16)20/h2-10,16,19H,1H3,(H,27,28,29)/t16-/m0/s1. The maximum Gasteiger partial charge on any atom is 0.431 e. The number of ether oxygens (including phenoxy) is 2. The second-order valence-electron chi connectivity index (χ2n) is 6.85. The average molecular weight is 466 g/mol. The zero-order chi connectivity index (χ0) is 23.8. The summed E-state index contributed by atoms with van der Waals surface area (Å²) in [4.78, 5) is 17.2. The van der Waals surface area contributed by atoms with Crippen LogP contribution in [0, 0.1) is 0 Å². The summed E-state index contributed by atoms with van der Waals surface area (Å²) in [5.74, 6) is -0.937. The van der Waals surface area contributed by atoms with Crippen molar-refractivity contribution in [2.24, 2.45) is 0 Å². The smallest absolute Gasteiger partial charge is 0.431 e. The molecule has 0 saturated heterocycles. The molecule has 0 unspecified atom stereocenters. The monoisotopic (exact) mass is 466 g/mol. The molecular formula is C21H15F5N4O3. The summed E-state index contributed by atoms with van der Waals surface area (Å²) in [6, 6.07) is 9.23. The number of methoxy groups -OCH3 is 1. The van der Waals surface area contributed by atoms with E-state index in [1.165, 1.54) is 23.9 Å². The molecule has 0 fully saturated rings. The molecule has 7 nitrogen and oxygen atoms in total. The lowest BCUT2D eigenvalue weighted by atomic mass is 9.89. The lowest BCUT2D eigenvalue weighted by molar-refractivity contribution is -0.0918. The zero-order valence-electron chi connectivity index (χ0n) is 16.8. The predicted molar refractivity (Wildman–Crippen MR) is 105 cm³/mol. The molecule has 12 heteroatoms. The minimum Gasteiger partial charge on any atom is -0.497 e. The molecule has 0 spiro atoms.